The van der Waals surface area contributed by atoms with Crippen molar-refractivity contribution >= 4 is 17.6 Å². The number of esters is 1. The summed E-state index contributed by atoms with van der Waals surface area (Å²) < 4.78 is 18.2. The van der Waals surface area contributed by atoms with Crippen LogP contribution in [0.25, 0.3) is 0 Å². The van der Waals surface area contributed by atoms with Gasteiger partial charge in [-0.15, -0.1) is 0 Å². The number of benzene rings is 2. The van der Waals surface area contributed by atoms with Gasteiger partial charge >= 0.3 is 5.97 Å². The summed E-state index contributed by atoms with van der Waals surface area (Å²) in [6.07, 6.45) is -0.598. The van der Waals surface area contributed by atoms with Crippen LogP contribution in [0.4, 0.5) is 10.1 Å². The van der Waals surface area contributed by atoms with E-state index in [1.165, 1.54) is 18.2 Å². The quantitative estimate of drug-likeness (QED) is 0.863. The zero-order chi connectivity index (χ0) is 14.8. The number of nitrogens with one attached hydrogen (secondary N) is 1. The standard InChI is InChI=1S/C16H12FNO3/c17-11-5-3-6-12(9-11)18-15(19)14-8-10-4-1-2-7-13(10)16(20)21-14/h1-7,9,14H,8H2,(H,18,19). The smallest absolute Gasteiger partial charge is 0.339 e. The summed E-state index contributed by atoms with van der Waals surface area (Å²) >= 11 is 0. The van der Waals surface area contributed by atoms with Crippen LogP contribution in [0.3, 0.4) is 0 Å². The Morgan fingerprint density at radius 1 is 1.19 bits per heavy atom. The highest BCUT2D eigenvalue weighted by Crippen LogP contribution is 2.21. The molecule has 0 saturated carbocycles. The van der Waals surface area contributed by atoms with Crippen molar-refractivity contribution in [2.24, 2.45) is 0 Å². The summed E-state index contributed by atoms with van der Waals surface area (Å²) in [5.74, 6) is -1.43. The Labute approximate surface area is 120 Å². The second-order valence-electron chi connectivity index (χ2n) is 4.75. The molecule has 1 amide bonds. The van der Waals surface area contributed by atoms with Gasteiger partial charge in [0.05, 0.1) is 5.56 Å². The van der Waals surface area contributed by atoms with Gasteiger partial charge in [-0.3, -0.25) is 4.79 Å². The Hall–Kier alpha value is -2.69. The molecule has 1 heterocycles. The molecule has 0 bridgehead atoms. The summed E-state index contributed by atoms with van der Waals surface area (Å²) in [6, 6.07) is 12.6. The largest absolute Gasteiger partial charge is 0.448 e. The Morgan fingerprint density at radius 3 is 2.81 bits per heavy atom. The number of carbonyl (C=O) groups excluding carboxylic acids is 2. The molecule has 0 aromatic heterocycles. The first kappa shape index (κ1) is 13.3. The van der Waals surface area contributed by atoms with Crippen LogP contribution in [-0.4, -0.2) is 18.0 Å². The lowest BCUT2D eigenvalue weighted by Crippen LogP contribution is -2.37. The lowest BCUT2D eigenvalue weighted by molar-refractivity contribution is -0.125. The molecule has 3 rings (SSSR count). The summed E-state index contributed by atoms with van der Waals surface area (Å²) in [4.78, 5) is 24.0. The highest BCUT2D eigenvalue weighted by Gasteiger charge is 2.31. The molecule has 2 aromatic rings. The van der Waals surface area contributed by atoms with Crippen LogP contribution >= 0.6 is 0 Å². The molecule has 1 atom stereocenters. The minimum Gasteiger partial charge on any atom is -0.448 e. The van der Waals surface area contributed by atoms with Crippen molar-refractivity contribution in [2.75, 3.05) is 5.32 Å². The Kier molecular flexibility index (Phi) is 3.39. The van der Waals surface area contributed by atoms with Crippen LogP contribution in [-0.2, 0) is 16.0 Å². The molecule has 0 radical (unpaired) electrons. The van der Waals surface area contributed by atoms with E-state index >= 15 is 0 Å². The van der Waals surface area contributed by atoms with E-state index in [1.54, 1.807) is 30.3 Å². The van der Waals surface area contributed by atoms with Crippen molar-refractivity contribution in [1.82, 2.24) is 0 Å². The van der Waals surface area contributed by atoms with Gasteiger partial charge in [0.1, 0.15) is 5.82 Å². The topological polar surface area (TPSA) is 55.4 Å². The van der Waals surface area contributed by atoms with Gasteiger partial charge in [-0.2, -0.15) is 0 Å². The maximum Gasteiger partial charge on any atom is 0.339 e. The third kappa shape index (κ3) is 2.76. The minimum atomic E-state index is -0.907. The Balaban J connectivity index is 1.76. The molecular formula is C16H12FNO3. The zero-order valence-corrected chi connectivity index (χ0v) is 11.0. The van der Waals surface area contributed by atoms with Crippen LogP contribution in [0.5, 0.6) is 0 Å². The monoisotopic (exact) mass is 285 g/mol. The van der Waals surface area contributed by atoms with E-state index in [4.69, 9.17) is 4.74 Å². The van der Waals surface area contributed by atoms with Crippen molar-refractivity contribution in [1.29, 1.82) is 0 Å². The predicted molar refractivity (Wildman–Crippen MR) is 74.4 cm³/mol. The van der Waals surface area contributed by atoms with Gasteiger partial charge in [-0.1, -0.05) is 24.3 Å². The van der Waals surface area contributed by atoms with Gasteiger partial charge in [-0.05, 0) is 29.8 Å². The maximum atomic E-state index is 13.1. The lowest BCUT2D eigenvalue weighted by Gasteiger charge is -2.23. The average Bonchev–Trinajstić information content (AvgIpc) is 2.47. The fraction of sp³-hybridized carbons (Fsp3) is 0.125. The first-order chi connectivity index (χ1) is 10.1. The number of anilines is 1. The van der Waals surface area contributed by atoms with Crippen molar-refractivity contribution in [3.8, 4) is 0 Å². The minimum absolute atomic E-state index is 0.309. The molecular weight excluding hydrogens is 273 g/mol. The molecule has 21 heavy (non-hydrogen) atoms. The summed E-state index contributed by atoms with van der Waals surface area (Å²) in [7, 11) is 0. The van der Waals surface area contributed by atoms with E-state index in [2.05, 4.69) is 5.32 Å². The van der Waals surface area contributed by atoms with Gasteiger partial charge in [0, 0.05) is 12.1 Å². The highest BCUT2D eigenvalue weighted by molar-refractivity contribution is 6.00. The molecule has 1 N–H and O–H groups in total. The molecule has 5 heteroatoms. The van der Waals surface area contributed by atoms with Crippen molar-refractivity contribution < 1.29 is 18.7 Å². The number of ether oxygens (including phenoxy) is 1. The Bertz CT molecular complexity index is 714. The predicted octanol–water partition coefficient (Wildman–Crippen LogP) is 2.55. The molecule has 2 aromatic carbocycles. The number of hydrogen-bond acceptors (Lipinski definition) is 3. The Morgan fingerprint density at radius 2 is 2.00 bits per heavy atom. The molecule has 1 aliphatic heterocycles. The van der Waals surface area contributed by atoms with E-state index in [1.807, 2.05) is 0 Å². The molecule has 1 unspecified atom stereocenters. The second-order valence-corrected chi connectivity index (χ2v) is 4.75. The molecule has 0 fully saturated rings. The van der Waals surface area contributed by atoms with E-state index in [0.29, 0.717) is 17.7 Å². The van der Waals surface area contributed by atoms with Gasteiger partial charge < -0.3 is 10.1 Å². The summed E-state index contributed by atoms with van der Waals surface area (Å²) in [5.41, 5.74) is 1.58. The van der Waals surface area contributed by atoms with E-state index in [9.17, 15) is 14.0 Å². The SMILES string of the molecule is O=C1OC(C(=O)Nc2cccc(F)c2)Cc2ccccc21. The fourth-order valence-electron chi connectivity index (χ4n) is 2.27. The third-order valence-corrected chi connectivity index (χ3v) is 3.28. The normalized spacial score (nSPS) is 16.8. The second kappa shape index (κ2) is 5.36. The van der Waals surface area contributed by atoms with Gasteiger partial charge in [0.25, 0.3) is 5.91 Å². The third-order valence-electron chi connectivity index (χ3n) is 3.28. The van der Waals surface area contributed by atoms with Gasteiger partial charge in [-0.25, -0.2) is 9.18 Å². The maximum absolute atomic E-state index is 13.1. The van der Waals surface area contributed by atoms with Crippen LogP contribution < -0.4 is 5.32 Å². The number of rotatable bonds is 2. The van der Waals surface area contributed by atoms with Crippen LogP contribution in [0.2, 0.25) is 0 Å². The first-order valence-corrected chi connectivity index (χ1v) is 6.49. The molecule has 0 spiro atoms. The zero-order valence-electron chi connectivity index (χ0n) is 11.0. The fourth-order valence-corrected chi connectivity index (χ4v) is 2.27. The van der Waals surface area contributed by atoms with Gasteiger partial charge in [0.15, 0.2) is 6.10 Å². The number of cyclic esters (lactones) is 1. The molecule has 0 saturated heterocycles. The van der Waals surface area contributed by atoms with Crippen LogP contribution in [0.1, 0.15) is 15.9 Å². The van der Waals surface area contributed by atoms with Crippen LogP contribution in [0, 0.1) is 5.82 Å². The van der Waals surface area contributed by atoms with E-state index < -0.39 is 23.8 Å². The number of halogens is 1. The van der Waals surface area contributed by atoms with Crippen molar-refractivity contribution in [3.05, 3.63) is 65.5 Å². The van der Waals surface area contributed by atoms with Crippen molar-refractivity contribution in [3.63, 3.8) is 0 Å². The number of carbonyl (C=O) groups is 2. The number of hydrogen-bond donors (Lipinski definition) is 1. The van der Waals surface area contributed by atoms with E-state index in [0.717, 1.165) is 5.56 Å². The summed E-state index contributed by atoms with van der Waals surface area (Å²) in [6.45, 7) is 0. The molecule has 1 aliphatic rings. The molecule has 4 nitrogen and oxygen atoms in total. The van der Waals surface area contributed by atoms with Gasteiger partial charge in [0.2, 0.25) is 0 Å². The average molecular weight is 285 g/mol. The highest BCUT2D eigenvalue weighted by atomic mass is 19.1. The molecule has 0 aliphatic carbocycles. The number of fused-ring (bicyclic) bond motifs is 1. The molecule has 106 valence electrons. The summed E-state index contributed by atoms with van der Waals surface area (Å²) in [5, 5.41) is 2.55. The first-order valence-electron chi connectivity index (χ1n) is 6.49. The lowest BCUT2D eigenvalue weighted by atomic mass is 9.98. The van der Waals surface area contributed by atoms with E-state index in [-0.39, 0.29) is 0 Å². The number of amides is 1. The van der Waals surface area contributed by atoms with Crippen LogP contribution in [0.15, 0.2) is 48.5 Å². The van der Waals surface area contributed by atoms with Crippen molar-refractivity contribution in [2.45, 2.75) is 12.5 Å².